The third kappa shape index (κ3) is 2.46. The molecule has 1 aromatic carbocycles. The van der Waals surface area contributed by atoms with Crippen molar-refractivity contribution in [2.45, 2.75) is 18.9 Å². The molecular formula is C18H14N4O2. The number of nitrogens with zero attached hydrogens (tertiary/aromatic N) is 3. The van der Waals surface area contributed by atoms with Crippen LogP contribution in [0.15, 0.2) is 53.3 Å². The van der Waals surface area contributed by atoms with Crippen molar-refractivity contribution in [2.75, 3.05) is 5.32 Å². The van der Waals surface area contributed by atoms with Gasteiger partial charge >= 0.3 is 0 Å². The molecule has 1 N–H and O–H groups in total. The third-order valence-electron chi connectivity index (χ3n) is 4.22. The molecule has 4 rings (SSSR count). The Balaban J connectivity index is 1.70. The number of carbonyl (C=O) groups excluding carboxylic acids is 1. The third-order valence-corrected chi connectivity index (χ3v) is 4.22. The molecule has 3 heterocycles. The Morgan fingerprint density at radius 3 is 2.88 bits per heavy atom. The monoisotopic (exact) mass is 318 g/mol. The van der Waals surface area contributed by atoms with Crippen LogP contribution in [0.3, 0.4) is 0 Å². The van der Waals surface area contributed by atoms with Crippen molar-refractivity contribution in [1.29, 1.82) is 5.26 Å². The highest BCUT2D eigenvalue weighted by Gasteiger charge is 2.30. The SMILES string of the molecule is N#Cc1ccc(C2CC(=O)Nc3c2cnn3Cc2ccco2)cc1. The molecule has 1 unspecified atom stereocenters. The highest BCUT2D eigenvalue weighted by Crippen LogP contribution is 2.37. The highest BCUT2D eigenvalue weighted by molar-refractivity contribution is 5.94. The first-order chi connectivity index (χ1) is 11.7. The molecule has 3 aromatic rings. The zero-order valence-corrected chi connectivity index (χ0v) is 12.8. The van der Waals surface area contributed by atoms with Crippen LogP contribution in [0.2, 0.25) is 0 Å². The van der Waals surface area contributed by atoms with E-state index in [9.17, 15) is 4.79 Å². The van der Waals surface area contributed by atoms with Gasteiger partial charge in [0, 0.05) is 17.9 Å². The van der Waals surface area contributed by atoms with E-state index in [4.69, 9.17) is 9.68 Å². The molecule has 2 aromatic heterocycles. The first kappa shape index (κ1) is 14.3. The van der Waals surface area contributed by atoms with Gasteiger partial charge in [-0.05, 0) is 29.8 Å². The van der Waals surface area contributed by atoms with Crippen LogP contribution in [0.1, 0.15) is 34.8 Å². The lowest BCUT2D eigenvalue weighted by atomic mass is 9.87. The van der Waals surface area contributed by atoms with Gasteiger partial charge in [0.2, 0.25) is 5.91 Å². The normalized spacial score (nSPS) is 16.3. The van der Waals surface area contributed by atoms with Gasteiger partial charge in [0.05, 0.1) is 24.1 Å². The fourth-order valence-corrected chi connectivity index (χ4v) is 3.03. The van der Waals surface area contributed by atoms with Crippen molar-refractivity contribution >= 4 is 11.7 Å². The Hall–Kier alpha value is -3.33. The van der Waals surface area contributed by atoms with Crippen molar-refractivity contribution in [3.05, 3.63) is 71.3 Å². The zero-order valence-electron chi connectivity index (χ0n) is 12.8. The molecule has 0 bridgehead atoms. The number of nitrogens with one attached hydrogen (secondary N) is 1. The molecule has 0 radical (unpaired) electrons. The second kappa shape index (κ2) is 5.70. The standard InChI is InChI=1S/C18H14N4O2/c19-9-12-3-5-13(6-4-12)15-8-17(23)21-18-16(15)10-20-22(18)11-14-2-1-7-24-14/h1-7,10,15H,8,11H2,(H,21,23). The Morgan fingerprint density at radius 2 is 2.17 bits per heavy atom. The van der Waals surface area contributed by atoms with Crippen molar-refractivity contribution < 1.29 is 9.21 Å². The van der Waals surface area contributed by atoms with Gasteiger partial charge in [0.1, 0.15) is 18.1 Å². The predicted molar refractivity (Wildman–Crippen MR) is 86.3 cm³/mol. The first-order valence-electron chi connectivity index (χ1n) is 7.62. The maximum absolute atomic E-state index is 12.2. The molecule has 0 fully saturated rings. The van der Waals surface area contributed by atoms with Crippen molar-refractivity contribution in [1.82, 2.24) is 9.78 Å². The second-order valence-corrected chi connectivity index (χ2v) is 5.72. The Kier molecular flexibility index (Phi) is 3.39. The molecule has 1 atom stereocenters. The number of furan rings is 1. The van der Waals surface area contributed by atoms with Crippen LogP contribution in [0.4, 0.5) is 5.82 Å². The summed E-state index contributed by atoms with van der Waals surface area (Å²) < 4.78 is 7.10. The van der Waals surface area contributed by atoms with Crippen LogP contribution in [0, 0.1) is 11.3 Å². The summed E-state index contributed by atoms with van der Waals surface area (Å²) in [4.78, 5) is 12.2. The van der Waals surface area contributed by atoms with E-state index < -0.39 is 0 Å². The summed E-state index contributed by atoms with van der Waals surface area (Å²) in [5.74, 6) is 1.37. The number of carbonyl (C=O) groups is 1. The van der Waals surface area contributed by atoms with E-state index in [-0.39, 0.29) is 11.8 Å². The van der Waals surface area contributed by atoms with Gasteiger partial charge in [0.15, 0.2) is 0 Å². The number of hydrogen-bond acceptors (Lipinski definition) is 4. The van der Waals surface area contributed by atoms with Crippen molar-refractivity contribution in [3.63, 3.8) is 0 Å². The summed E-state index contributed by atoms with van der Waals surface area (Å²) in [5, 5.41) is 16.2. The van der Waals surface area contributed by atoms with Crippen LogP contribution in [-0.2, 0) is 11.3 Å². The van der Waals surface area contributed by atoms with Crippen LogP contribution in [-0.4, -0.2) is 15.7 Å². The van der Waals surface area contributed by atoms with Crippen LogP contribution >= 0.6 is 0 Å². The van der Waals surface area contributed by atoms with Gasteiger partial charge < -0.3 is 9.73 Å². The fraction of sp³-hybridized carbons (Fsp3) is 0.167. The molecule has 6 heteroatoms. The molecular weight excluding hydrogens is 304 g/mol. The molecule has 0 aliphatic carbocycles. The second-order valence-electron chi connectivity index (χ2n) is 5.72. The number of fused-ring (bicyclic) bond motifs is 1. The molecule has 24 heavy (non-hydrogen) atoms. The Bertz CT molecular complexity index is 917. The molecule has 0 saturated heterocycles. The van der Waals surface area contributed by atoms with Gasteiger partial charge in [0.25, 0.3) is 0 Å². The number of aromatic nitrogens is 2. The Labute approximate surface area is 138 Å². The van der Waals surface area contributed by atoms with E-state index in [0.717, 1.165) is 16.9 Å². The number of hydrogen-bond donors (Lipinski definition) is 1. The minimum Gasteiger partial charge on any atom is -0.467 e. The van der Waals surface area contributed by atoms with Gasteiger partial charge in [-0.1, -0.05) is 12.1 Å². The summed E-state index contributed by atoms with van der Waals surface area (Å²) in [6, 6.07) is 13.1. The minimum absolute atomic E-state index is 0.0435. The van der Waals surface area contributed by atoms with E-state index >= 15 is 0 Å². The first-order valence-corrected chi connectivity index (χ1v) is 7.62. The lowest BCUT2D eigenvalue weighted by Crippen LogP contribution is -2.25. The summed E-state index contributed by atoms with van der Waals surface area (Å²) in [6.07, 6.45) is 3.77. The number of benzene rings is 1. The topological polar surface area (TPSA) is 83.9 Å². The van der Waals surface area contributed by atoms with Gasteiger partial charge in [-0.25, -0.2) is 4.68 Å². The lowest BCUT2D eigenvalue weighted by molar-refractivity contribution is -0.116. The van der Waals surface area contributed by atoms with Gasteiger partial charge in [-0.3, -0.25) is 4.79 Å². The smallest absolute Gasteiger partial charge is 0.226 e. The molecule has 1 aliphatic rings. The van der Waals surface area contributed by atoms with E-state index in [1.165, 1.54) is 0 Å². The maximum Gasteiger partial charge on any atom is 0.226 e. The summed E-state index contributed by atoms with van der Waals surface area (Å²) in [7, 11) is 0. The minimum atomic E-state index is -0.0631. The molecule has 1 amide bonds. The predicted octanol–water partition coefficient (Wildman–Crippen LogP) is 2.87. The van der Waals surface area contributed by atoms with Crippen molar-refractivity contribution in [2.24, 2.45) is 0 Å². The van der Waals surface area contributed by atoms with E-state index in [1.54, 1.807) is 29.3 Å². The largest absolute Gasteiger partial charge is 0.467 e. The average molecular weight is 318 g/mol. The highest BCUT2D eigenvalue weighted by atomic mass is 16.3. The Morgan fingerprint density at radius 1 is 1.33 bits per heavy atom. The van der Waals surface area contributed by atoms with Gasteiger partial charge in [-0.15, -0.1) is 0 Å². The van der Waals surface area contributed by atoms with E-state index in [2.05, 4.69) is 16.5 Å². The fourth-order valence-electron chi connectivity index (χ4n) is 3.03. The van der Waals surface area contributed by atoms with E-state index in [1.807, 2.05) is 24.3 Å². The molecule has 0 spiro atoms. The number of rotatable bonds is 3. The summed E-state index contributed by atoms with van der Waals surface area (Å²) in [5.41, 5.74) is 2.58. The lowest BCUT2D eigenvalue weighted by Gasteiger charge is -2.23. The quantitative estimate of drug-likeness (QED) is 0.805. The van der Waals surface area contributed by atoms with Crippen LogP contribution in [0.25, 0.3) is 0 Å². The summed E-state index contributed by atoms with van der Waals surface area (Å²) in [6.45, 7) is 0.461. The van der Waals surface area contributed by atoms with Crippen molar-refractivity contribution in [3.8, 4) is 6.07 Å². The number of nitriles is 1. The molecule has 6 nitrogen and oxygen atoms in total. The number of anilines is 1. The van der Waals surface area contributed by atoms with E-state index in [0.29, 0.717) is 24.3 Å². The molecule has 118 valence electrons. The maximum atomic E-state index is 12.2. The number of amides is 1. The van der Waals surface area contributed by atoms with Crippen LogP contribution < -0.4 is 5.32 Å². The zero-order chi connectivity index (χ0) is 16.5. The molecule has 1 aliphatic heterocycles. The average Bonchev–Trinajstić information content (AvgIpc) is 3.25. The van der Waals surface area contributed by atoms with Gasteiger partial charge in [-0.2, -0.15) is 10.4 Å². The molecule has 0 saturated carbocycles. The summed E-state index contributed by atoms with van der Waals surface area (Å²) >= 11 is 0. The van der Waals surface area contributed by atoms with Crippen LogP contribution in [0.5, 0.6) is 0 Å².